The third kappa shape index (κ3) is 2.86. The Morgan fingerprint density at radius 1 is 1.35 bits per heavy atom. The van der Waals surface area contributed by atoms with E-state index in [1.54, 1.807) is 0 Å². The molecule has 17 heavy (non-hydrogen) atoms. The van der Waals surface area contributed by atoms with Gasteiger partial charge in [0, 0.05) is 19.6 Å². The Morgan fingerprint density at radius 3 is 2.82 bits per heavy atom. The highest BCUT2D eigenvalue weighted by Crippen LogP contribution is 2.32. The van der Waals surface area contributed by atoms with Gasteiger partial charge in [0.05, 0.1) is 6.04 Å². The van der Waals surface area contributed by atoms with Gasteiger partial charge in [0.1, 0.15) is 0 Å². The van der Waals surface area contributed by atoms with Crippen LogP contribution >= 0.6 is 0 Å². The van der Waals surface area contributed by atoms with Crippen molar-refractivity contribution < 1.29 is 9.90 Å². The second kappa shape index (κ2) is 5.82. The number of benzene rings is 1. The van der Waals surface area contributed by atoms with Crippen LogP contribution in [0.15, 0.2) is 30.3 Å². The van der Waals surface area contributed by atoms with Crippen molar-refractivity contribution in [1.29, 1.82) is 0 Å². The molecular formula is C14H19NO2. The minimum Gasteiger partial charge on any atom is -0.396 e. The lowest BCUT2D eigenvalue weighted by atomic mass is 10.0. The summed E-state index contributed by atoms with van der Waals surface area (Å²) in [6, 6.07) is 10.4. The normalized spacial score (nSPS) is 19.6. The number of aliphatic hydroxyl groups excluding tert-OH is 1. The first kappa shape index (κ1) is 12.1. The topological polar surface area (TPSA) is 40.5 Å². The van der Waals surface area contributed by atoms with Crippen molar-refractivity contribution in [1.82, 2.24) is 4.90 Å². The van der Waals surface area contributed by atoms with Gasteiger partial charge in [-0.15, -0.1) is 0 Å². The maximum atomic E-state index is 12.0. The molecule has 0 radical (unpaired) electrons. The molecule has 0 aliphatic carbocycles. The molecule has 1 fully saturated rings. The SMILES string of the molecule is O=C(CCCO)N1CCCC1c1ccccc1. The maximum absolute atomic E-state index is 12.0. The van der Waals surface area contributed by atoms with E-state index in [1.807, 2.05) is 23.1 Å². The Balaban J connectivity index is 2.05. The van der Waals surface area contributed by atoms with Crippen molar-refractivity contribution in [3.05, 3.63) is 35.9 Å². The molecular weight excluding hydrogens is 214 g/mol. The van der Waals surface area contributed by atoms with Gasteiger partial charge in [0.2, 0.25) is 5.91 Å². The molecule has 0 spiro atoms. The molecule has 92 valence electrons. The van der Waals surface area contributed by atoms with Gasteiger partial charge in [-0.25, -0.2) is 0 Å². The Labute approximate surface area is 102 Å². The van der Waals surface area contributed by atoms with Gasteiger partial charge in [-0.3, -0.25) is 4.79 Å². The van der Waals surface area contributed by atoms with E-state index in [9.17, 15) is 4.79 Å². The van der Waals surface area contributed by atoms with Crippen molar-refractivity contribution in [2.24, 2.45) is 0 Å². The number of carbonyl (C=O) groups excluding carboxylic acids is 1. The highest BCUT2D eigenvalue weighted by atomic mass is 16.3. The lowest BCUT2D eigenvalue weighted by Gasteiger charge is -2.25. The quantitative estimate of drug-likeness (QED) is 0.865. The third-order valence-corrected chi connectivity index (χ3v) is 3.31. The molecule has 1 heterocycles. The molecule has 1 saturated heterocycles. The zero-order valence-corrected chi connectivity index (χ0v) is 10.0. The minimum absolute atomic E-state index is 0.0928. The van der Waals surface area contributed by atoms with Gasteiger partial charge in [-0.1, -0.05) is 30.3 Å². The number of aliphatic hydroxyl groups is 1. The average molecular weight is 233 g/mol. The van der Waals surface area contributed by atoms with Crippen LogP contribution in [-0.4, -0.2) is 29.1 Å². The summed E-state index contributed by atoms with van der Waals surface area (Å²) in [5.41, 5.74) is 1.22. The van der Waals surface area contributed by atoms with Crippen LogP contribution in [0.2, 0.25) is 0 Å². The van der Waals surface area contributed by atoms with E-state index in [0.29, 0.717) is 12.8 Å². The number of hydrogen-bond donors (Lipinski definition) is 1. The fourth-order valence-electron chi connectivity index (χ4n) is 2.46. The fraction of sp³-hybridized carbons (Fsp3) is 0.500. The largest absolute Gasteiger partial charge is 0.396 e. The van der Waals surface area contributed by atoms with Crippen molar-refractivity contribution >= 4 is 5.91 Å². The lowest BCUT2D eigenvalue weighted by Crippen LogP contribution is -2.30. The molecule has 0 aromatic heterocycles. The van der Waals surface area contributed by atoms with E-state index >= 15 is 0 Å². The molecule has 1 aliphatic heterocycles. The Kier molecular flexibility index (Phi) is 4.15. The van der Waals surface area contributed by atoms with Crippen molar-refractivity contribution in [2.75, 3.05) is 13.2 Å². The van der Waals surface area contributed by atoms with E-state index in [1.165, 1.54) is 5.56 Å². The Bertz CT molecular complexity index is 364. The number of carbonyl (C=O) groups is 1. The molecule has 1 atom stereocenters. The molecule has 3 heteroatoms. The molecule has 2 rings (SSSR count). The van der Waals surface area contributed by atoms with Crippen LogP contribution in [0, 0.1) is 0 Å². The molecule has 3 nitrogen and oxygen atoms in total. The molecule has 1 amide bonds. The second-order valence-corrected chi connectivity index (χ2v) is 4.48. The summed E-state index contributed by atoms with van der Waals surface area (Å²) >= 11 is 0. The minimum atomic E-state index is 0.0928. The first-order valence-corrected chi connectivity index (χ1v) is 6.28. The molecule has 0 bridgehead atoms. The van der Waals surface area contributed by atoms with Crippen LogP contribution in [-0.2, 0) is 4.79 Å². The standard InChI is InChI=1S/C14H19NO2/c16-11-5-9-14(17)15-10-4-8-13(15)12-6-2-1-3-7-12/h1-3,6-7,13,16H,4-5,8-11H2. The van der Waals surface area contributed by atoms with Crippen LogP contribution in [0.4, 0.5) is 0 Å². The first-order valence-electron chi connectivity index (χ1n) is 6.28. The highest BCUT2D eigenvalue weighted by molar-refractivity contribution is 5.77. The summed E-state index contributed by atoms with van der Waals surface area (Å²) in [6.45, 7) is 0.944. The molecule has 0 saturated carbocycles. The molecule has 1 aromatic rings. The monoisotopic (exact) mass is 233 g/mol. The Hall–Kier alpha value is -1.35. The van der Waals surface area contributed by atoms with Gasteiger partial charge < -0.3 is 10.0 Å². The molecule has 1 unspecified atom stereocenters. The van der Waals surface area contributed by atoms with Gasteiger partial charge in [-0.2, -0.15) is 0 Å². The summed E-state index contributed by atoms with van der Waals surface area (Å²) in [7, 11) is 0. The van der Waals surface area contributed by atoms with E-state index in [0.717, 1.165) is 19.4 Å². The van der Waals surface area contributed by atoms with Crippen molar-refractivity contribution in [3.8, 4) is 0 Å². The smallest absolute Gasteiger partial charge is 0.223 e. The van der Waals surface area contributed by atoms with Crippen LogP contribution in [0.1, 0.15) is 37.3 Å². The number of amides is 1. The van der Waals surface area contributed by atoms with Crippen LogP contribution < -0.4 is 0 Å². The van der Waals surface area contributed by atoms with Crippen LogP contribution in [0.25, 0.3) is 0 Å². The number of nitrogens with zero attached hydrogens (tertiary/aromatic N) is 1. The maximum Gasteiger partial charge on any atom is 0.223 e. The van der Waals surface area contributed by atoms with Gasteiger partial charge >= 0.3 is 0 Å². The van der Waals surface area contributed by atoms with E-state index in [-0.39, 0.29) is 18.6 Å². The predicted molar refractivity (Wildman–Crippen MR) is 66.4 cm³/mol. The van der Waals surface area contributed by atoms with Crippen molar-refractivity contribution in [3.63, 3.8) is 0 Å². The lowest BCUT2D eigenvalue weighted by molar-refractivity contribution is -0.132. The molecule has 1 aromatic carbocycles. The van der Waals surface area contributed by atoms with Crippen LogP contribution in [0.3, 0.4) is 0 Å². The Morgan fingerprint density at radius 2 is 2.12 bits per heavy atom. The zero-order chi connectivity index (χ0) is 12.1. The second-order valence-electron chi connectivity index (χ2n) is 4.48. The third-order valence-electron chi connectivity index (χ3n) is 3.31. The van der Waals surface area contributed by atoms with Gasteiger partial charge in [0.15, 0.2) is 0 Å². The van der Waals surface area contributed by atoms with Gasteiger partial charge in [0.25, 0.3) is 0 Å². The van der Waals surface area contributed by atoms with Crippen LogP contribution in [0.5, 0.6) is 0 Å². The predicted octanol–water partition coefficient (Wildman–Crippen LogP) is 2.12. The highest BCUT2D eigenvalue weighted by Gasteiger charge is 2.28. The van der Waals surface area contributed by atoms with Crippen molar-refractivity contribution in [2.45, 2.75) is 31.7 Å². The number of hydrogen-bond acceptors (Lipinski definition) is 2. The summed E-state index contributed by atoms with van der Waals surface area (Å²) in [4.78, 5) is 14.0. The van der Waals surface area contributed by atoms with Gasteiger partial charge in [-0.05, 0) is 24.8 Å². The summed E-state index contributed by atoms with van der Waals surface area (Å²) in [5, 5.41) is 8.77. The zero-order valence-electron chi connectivity index (χ0n) is 10.0. The number of rotatable bonds is 4. The molecule has 1 aliphatic rings. The number of likely N-dealkylation sites (tertiary alicyclic amines) is 1. The average Bonchev–Trinajstić information content (AvgIpc) is 2.86. The first-order chi connectivity index (χ1) is 8.33. The van der Waals surface area contributed by atoms with E-state index in [4.69, 9.17) is 5.11 Å². The molecule has 1 N–H and O–H groups in total. The summed E-state index contributed by atoms with van der Waals surface area (Å²) in [6.07, 6.45) is 3.15. The summed E-state index contributed by atoms with van der Waals surface area (Å²) < 4.78 is 0. The fourth-order valence-corrected chi connectivity index (χ4v) is 2.46. The van der Waals surface area contributed by atoms with E-state index < -0.39 is 0 Å². The van der Waals surface area contributed by atoms with E-state index in [2.05, 4.69) is 12.1 Å². The summed E-state index contributed by atoms with van der Waals surface area (Å²) in [5.74, 6) is 0.172.